The topological polar surface area (TPSA) is 64.4 Å². The fourth-order valence-corrected chi connectivity index (χ4v) is 2.87. The molecule has 23 heavy (non-hydrogen) atoms. The van der Waals surface area contributed by atoms with Gasteiger partial charge in [-0.2, -0.15) is 0 Å². The van der Waals surface area contributed by atoms with Gasteiger partial charge in [-0.25, -0.2) is 0 Å². The second kappa shape index (κ2) is 7.18. The molecule has 0 saturated heterocycles. The van der Waals surface area contributed by atoms with Crippen molar-refractivity contribution in [3.05, 3.63) is 54.1 Å². The van der Waals surface area contributed by atoms with Crippen LogP contribution in [0.25, 0.3) is 0 Å². The van der Waals surface area contributed by atoms with Crippen molar-refractivity contribution in [3.63, 3.8) is 0 Å². The Bertz CT molecular complexity index is 661. The maximum absolute atomic E-state index is 12.1. The average Bonchev–Trinajstić information content (AvgIpc) is 3.03. The predicted molar refractivity (Wildman–Crippen MR) is 92.5 cm³/mol. The summed E-state index contributed by atoms with van der Waals surface area (Å²) in [6.45, 7) is 0. The maximum atomic E-state index is 12.1. The summed E-state index contributed by atoms with van der Waals surface area (Å²) in [5, 5.41) is 2.92. The largest absolute Gasteiger partial charge is 0.490 e. The molecule has 3 rings (SSSR count). The van der Waals surface area contributed by atoms with E-state index in [2.05, 4.69) is 5.32 Å². The second-order valence-corrected chi connectivity index (χ2v) is 6.02. The molecule has 4 nitrogen and oxygen atoms in total. The van der Waals surface area contributed by atoms with E-state index in [1.165, 1.54) is 12.8 Å². The lowest BCUT2D eigenvalue weighted by Gasteiger charge is -2.14. The molecule has 0 bridgehead atoms. The van der Waals surface area contributed by atoms with E-state index in [4.69, 9.17) is 10.5 Å². The van der Waals surface area contributed by atoms with E-state index in [1.807, 2.05) is 36.4 Å². The number of amides is 1. The minimum Gasteiger partial charge on any atom is -0.490 e. The van der Waals surface area contributed by atoms with Gasteiger partial charge in [0.05, 0.1) is 12.5 Å². The highest BCUT2D eigenvalue weighted by molar-refractivity contribution is 5.92. The molecule has 4 heteroatoms. The highest BCUT2D eigenvalue weighted by Gasteiger charge is 2.16. The summed E-state index contributed by atoms with van der Waals surface area (Å²) < 4.78 is 5.96. The molecule has 0 aliphatic heterocycles. The van der Waals surface area contributed by atoms with Crippen molar-refractivity contribution in [2.75, 3.05) is 11.1 Å². The molecule has 2 aromatic rings. The number of carbonyl (C=O) groups is 1. The molecular formula is C19H22N2O2. The summed E-state index contributed by atoms with van der Waals surface area (Å²) in [4.78, 5) is 12.1. The van der Waals surface area contributed by atoms with Gasteiger partial charge in [0.1, 0.15) is 5.75 Å². The number of nitrogens with two attached hydrogens (primary N) is 1. The third-order valence-electron chi connectivity index (χ3n) is 4.07. The number of hydrogen-bond donors (Lipinski definition) is 2. The average molecular weight is 310 g/mol. The number of nitrogen functional groups attached to an aromatic ring is 1. The molecule has 1 amide bonds. The van der Waals surface area contributed by atoms with Gasteiger partial charge in [0.15, 0.2) is 0 Å². The third-order valence-corrected chi connectivity index (χ3v) is 4.07. The molecule has 0 radical (unpaired) electrons. The third kappa shape index (κ3) is 4.49. The SMILES string of the molecule is Nc1ccc(CC(=O)Nc2cccc(OC3CCCC3)c2)cc1. The van der Waals surface area contributed by atoms with Crippen molar-refractivity contribution < 1.29 is 9.53 Å². The van der Waals surface area contributed by atoms with Crippen LogP contribution in [0.15, 0.2) is 48.5 Å². The van der Waals surface area contributed by atoms with Crippen LogP contribution in [-0.4, -0.2) is 12.0 Å². The van der Waals surface area contributed by atoms with E-state index in [0.717, 1.165) is 29.8 Å². The lowest BCUT2D eigenvalue weighted by atomic mass is 10.1. The number of anilines is 2. The van der Waals surface area contributed by atoms with Gasteiger partial charge in [-0.05, 0) is 55.5 Å². The van der Waals surface area contributed by atoms with E-state index < -0.39 is 0 Å². The Labute approximate surface area is 136 Å². The highest BCUT2D eigenvalue weighted by Crippen LogP contribution is 2.25. The predicted octanol–water partition coefficient (Wildman–Crippen LogP) is 3.77. The fourth-order valence-electron chi connectivity index (χ4n) is 2.87. The first-order valence-corrected chi connectivity index (χ1v) is 8.10. The molecule has 0 spiro atoms. The summed E-state index contributed by atoms with van der Waals surface area (Å²) in [6, 6.07) is 15.0. The minimum absolute atomic E-state index is 0.0483. The van der Waals surface area contributed by atoms with Gasteiger partial charge in [0.2, 0.25) is 5.91 Å². The molecule has 1 aliphatic carbocycles. The summed E-state index contributed by atoms with van der Waals surface area (Å²) in [5.74, 6) is 0.773. The Hall–Kier alpha value is -2.49. The van der Waals surface area contributed by atoms with Crippen LogP contribution in [0.4, 0.5) is 11.4 Å². The van der Waals surface area contributed by atoms with Crippen LogP contribution < -0.4 is 15.8 Å². The molecule has 120 valence electrons. The van der Waals surface area contributed by atoms with Crippen LogP contribution in [0.5, 0.6) is 5.75 Å². The van der Waals surface area contributed by atoms with Crippen molar-refractivity contribution in [3.8, 4) is 5.75 Å². The summed E-state index contributed by atoms with van der Waals surface area (Å²) in [5.41, 5.74) is 8.05. The van der Waals surface area contributed by atoms with Gasteiger partial charge in [-0.1, -0.05) is 18.2 Å². The first kappa shape index (κ1) is 15.4. The maximum Gasteiger partial charge on any atom is 0.228 e. The number of rotatable bonds is 5. The van der Waals surface area contributed by atoms with Gasteiger partial charge < -0.3 is 15.8 Å². The second-order valence-electron chi connectivity index (χ2n) is 6.02. The Balaban J connectivity index is 1.58. The van der Waals surface area contributed by atoms with Crippen molar-refractivity contribution in [2.24, 2.45) is 0 Å². The van der Waals surface area contributed by atoms with Gasteiger partial charge >= 0.3 is 0 Å². The van der Waals surface area contributed by atoms with Crippen LogP contribution in [0.3, 0.4) is 0 Å². The molecular weight excluding hydrogens is 288 g/mol. The van der Waals surface area contributed by atoms with E-state index in [0.29, 0.717) is 18.2 Å². The zero-order valence-corrected chi connectivity index (χ0v) is 13.1. The molecule has 0 heterocycles. The van der Waals surface area contributed by atoms with Crippen molar-refractivity contribution in [1.82, 2.24) is 0 Å². The van der Waals surface area contributed by atoms with E-state index >= 15 is 0 Å². The molecule has 3 N–H and O–H groups in total. The fraction of sp³-hybridized carbons (Fsp3) is 0.316. The summed E-state index contributed by atoms with van der Waals surface area (Å²) >= 11 is 0. The van der Waals surface area contributed by atoms with Gasteiger partial charge in [0, 0.05) is 17.4 Å². The van der Waals surface area contributed by atoms with Crippen molar-refractivity contribution >= 4 is 17.3 Å². The first-order chi connectivity index (χ1) is 11.2. The zero-order valence-electron chi connectivity index (χ0n) is 13.1. The Kier molecular flexibility index (Phi) is 4.81. The number of hydrogen-bond acceptors (Lipinski definition) is 3. The smallest absolute Gasteiger partial charge is 0.228 e. The van der Waals surface area contributed by atoms with Crippen LogP contribution >= 0.6 is 0 Å². The standard InChI is InChI=1S/C19H22N2O2/c20-15-10-8-14(9-11-15)12-19(22)21-16-4-3-7-18(13-16)23-17-5-1-2-6-17/h3-4,7-11,13,17H,1-2,5-6,12,20H2,(H,21,22). The van der Waals surface area contributed by atoms with Gasteiger partial charge in [0.25, 0.3) is 0 Å². The van der Waals surface area contributed by atoms with Gasteiger partial charge in [-0.15, -0.1) is 0 Å². The quantitative estimate of drug-likeness (QED) is 0.826. The number of benzene rings is 2. The van der Waals surface area contributed by atoms with Crippen LogP contribution in [0.2, 0.25) is 0 Å². The Morgan fingerprint density at radius 2 is 1.87 bits per heavy atom. The summed E-state index contributed by atoms with van der Waals surface area (Å²) in [6.07, 6.45) is 5.36. The Morgan fingerprint density at radius 3 is 2.61 bits per heavy atom. The molecule has 0 atom stereocenters. The van der Waals surface area contributed by atoms with Gasteiger partial charge in [-0.3, -0.25) is 4.79 Å². The number of ether oxygens (including phenoxy) is 1. The monoisotopic (exact) mass is 310 g/mol. The van der Waals surface area contributed by atoms with E-state index in [-0.39, 0.29) is 5.91 Å². The minimum atomic E-state index is -0.0483. The molecule has 2 aromatic carbocycles. The lowest BCUT2D eigenvalue weighted by Crippen LogP contribution is -2.15. The van der Waals surface area contributed by atoms with Crippen molar-refractivity contribution in [1.29, 1.82) is 0 Å². The molecule has 1 aliphatic rings. The van der Waals surface area contributed by atoms with Crippen LogP contribution in [0, 0.1) is 0 Å². The first-order valence-electron chi connectivity index (χ1n) is 8.10. The molecule has 1 saturated carbocycles. The Morgan fingerprint density at radius 1 is 1.13 bits per heavy atom. The zero-order chi connectivity index (χ0) is 16.1. The van der Waals surface area contributed by atoms with Crippen molar-refractivity contribution in [2.45, 2.75) is 38.2 Å². The van der Waals surface area contributed by atoms with Crippen LogP contribution in [0.1, 0.15) is 31.2 Å². The highest BCUT2D eigenvalue weighted by atomic mass is 16.5. The number of nitrogens with one attached hydrogen (secondary N) is 1. The molecule has 0 aromatic heterocycles. The lowest BCUT2D eigenvalue weighted by molar-refractivity contribution is -0.115. The van der Waals surface area contributed by atoms with E-state index in [9.17, 15) is 4.79 Å². The number of carbonyl (C=O) groups excluding carboxylic acids is 1. The summed E-state index contributed by atoms with van der Waals surface area (Å²) in [7, 11) is 0. The normalized spacial score (nSPS) is 14.6. The van der Waals surface area contributed by atoms with Crippen LogP contribution in [-0.2, 0) is 11.2 Å². The molecule has 0 unspecified atom stereocenters. The molecule has 1 fully saturated rings. The van der Waals surface area contributed by atoms with E-state index in [1.54, 1.807) is 12.1 Å².